The van der Waals surface area contributed by atoms with E-state index >= 15 is 0 Å². The number of ether oxygens (including phenoxy) is 2. The number of hydrogen-bond donors (Lipinski definition) is 0. The fourth-order valence-corrected chi connectivity index (χ4v) is 5.99. The molecule has 280 valence electrons. The van der Waals surface area contributed by atoms with Crippen LogP contribution < -0.4 is 9.47 Å². The molecule has 0 N–H and O–H groups in total. The van der Waals surface area contributed by atoms with Crippen molar-refractivity contribution < 1.29 is 27.0 Å². The Bertz CT molecular complexity index is 2170. The van der Waals surface area contributed by atoms with E-state index in [4.69, 9.17) is 0 Å². The van der Waals surface area contributed by atoms with Crippen molar-refractivity contribution >= 4 is 23.3 Å². The third kappa shape index (κ3) is 10.7. The van der Waals surface area contributed by atoms with E-state index < -0.39 is 13.2 Å². The van der Waals surface area contributed by atoms with Crippen LogP contribution in [-0.2, 0) is 12.8 Å². The van der Waals surface area contributed by atoms with Crippen molar-refractivity contribution in [3.63, 3.8) is 0 Å². The van der Waals surface area contributed by atoms with E-state index in [-0.39, 0.29) is 11.5 Å². The van der Waals surface area contributed by atoms with Crippen LogP contribution in [0, 0.1) is 0 Å². The zero-order chi connectivity index (χ0) is 38.6. The first kappa shape index (κ1) is 38.6. The SMILES string of the molecule is CCCCc1cnc(-c2ccc(C(=Cc3ccc(OC(F)F)cc3)C(=Cc3ccc(OC(F)F)cc3)c3ccc(-c4ncc(CCC)cn4)cc3)cc2)nc1. The lowest BCUT2D eigenvalue weighted by atomic mass is 9.88. The van der Waals surface area contributed by atoms with Gasteiger partial charge in [-0.25, -0.2) is 19.9 Å². The van der Waals surface area contributed by atoms with Gasteiger partial charge in [-0.15, -0.1) is 0 Å². The van der Waals surface area contributed by atoms with Crippen molar-refractivity contribution in [2.24, 2.45) is 0 Å². The van der Waals surface area contributed by atoms with Crippen LogP contribution in [0.2, 0.25) is 0 Å². The highest BCUT2D eigenvalue weighted by Crippen LogP contribution is 2.37. The normalized spacial score (nSPS) is 12.0. The van der Waals surface area contributed by atoms with E-state index in [0.717, 1.165) is 87.8 Å². The molecule has 0 aliphatic heterocycles. The Hall–Kier alpha value is -6.16. The number of aryl methyl sites for hydroxylation is 2. The van der Waals surface area contributed by atoms with E-state index in [1.807, 2.05) is 85.5 Å². The van der Waals surface area contributed by atoms with Gasteiger partial charge in [0.2, 0.25) is 0 Å². The maximum atomic E-state index is 12.9. The van der Waals surface area contributed by atoms with Crippen molar-refractivity contribution in [1.82, 2.24) is 19.9 Å². The summed E-state index contributed by atoms with van der Waals surface area (Å²) in [6, 6.07) is 28.5. The molecule has 0 amide bonds. The minimum atomic E-state index is -2.94. The van der Waals surface area contributed by atoms with Crippen molar-refractivity contribution in [2.75, 3.05) is 0 Å². The Morgan fingerprint density at radius 3 is 1.24 bits per heavy atom. The quantitative estimate of drug-likeness (QED) is 0.0558. The summed E-state index contributed by atoms with van der Waals surface area (Å²) in [5.74, 6) is 1.29. The highest BCUT2D eigenvalue weighted by atomic mass is 19.3. The van der Waals surface area contributed by atoms with Crippen molar-refractivity contribution in [3.8, 4) is 34.3 Å². The fourth-order valence-electron chi connectivity index (χ4n) is 5.99. The van der Waals surface area contributed by atoms with Crippen LogP contribution in [0.5, 0.6) is 11.5 Å². The number of unbranched alkanes of at least 4 members (excludes halogenated alkanes) is 1. The average molecular weight is 745 g/mol. The maximum absolute atomic E-state index is 12.9. The molecule has 0 saturated heterocycles. The molecule has 0 bridgehead atoms. The first-order chi connectivity index (χ1) is 26.8. The molecule has 2 aromatic heterocycles. The molecule has 0 unspecified atom stereocenters. The summed E-state index contributed by atoms with van der Waals surface area (Å²) >= 11 is 0. The van der Waals surface area contributed by atoms with Gasteiger partial charge in [0.1, 0.15) is 11.5 Å². The maximum Gasteiger partial charge on any atom is 0.387 e. The van der Waals surface area contributed by atoms with Crippen LogP contribution in [0.25, 0.3) is 46.1 Å². The molecule has 0 aliphatic carbocycles. The molecule has 10 heteroatoms. The van der Waals surface area contributed by atoms with Gasteiger partial charge < -0.3 is 9.47 Å². The number of halogens is 4. The van der Waals surface area contributed by atoms with Gasteiger partial charge in [0.15, 0.2) is 11.6 Å². The summed E-state index contributed by atoms with van der Waals surface area (Å²) in [6.07, 6.45) is 16.3. The molecular weight excluding hydrogens is 705 g/mol. The molecule has 0 aliphatic rings. The predicted molar refractivity (Wildman–Crippen MR) is 209 cm³/mol. The molecule has 6 rings (SSSR count). The summed E-state index contributed by atoms with van der Waals surface area (Å²) in [5.41, 5.74) is 8.59. The summed E-state index contributed by atoms with van der Waals surface area (Å²) in [6.45, 7) is -1.63. The summed E-state index contributed by atoms with van der Waals surface area (Å²) in [5, 5.41) is 0. The van der Waals surface area contributed by atoms with E-state index in [1.165, 1.54) is 24.3 Å². The largest absolute Gasteiger partial charge is 0.435 e. The highest BCUT2D eigenvalue weighted by Gasteiger charge is 2.15. The third-order valence-electron chi connectivity index (χ3n) is 8.80. The number of rotatable bonds is 16. The summed E-state index contributed by atoms with van der Waals surface area (Å²) in [4.78, 5) is 18.4. The lowest BCUT2D eigenvalue weighted by molar-refractivity contribution is -0.0505. The number of aromatic nitrogens is 4. The van der Waals surface area contributed by atoms with E-state index in [9.17, 15) is 17.6 Å². The monoisotopic (exact) mass is 744 g/mol. The first-order valence-corrected chi connectivity index (χ1v) is 18.1. The second-order valence-corrected chi connectivity index (χ2v) is 12.8. The van der Waals surface area contributed by atoms with Crippen LogP contribution in [0.4, 0.5) is 17.6 Å². The zero-order valence-corrected chi connectivity index (χ0v) is 30.5. The van der Waals surface area contributed by atoms with Crippen LogP contribution in [-0.4, -0.2) is 33.2 Å². The molecule has 6 aromatic rings. The molecule has 0 fully saturated rings. The van der Waals surface area contributed by atoms with Gasteiger partial charge in [-0.1, -0.05) is 99.5 Å². The molecule has 55 heavy (non-hydrogen) atoms. The van der Waals surface area contributed by atoms with Crippen LogP contribution in [0.3, 0.4) is 0 Å². The summed E-state index contributed by atoms with van der Waals surface area (Å²) in [7, 11) is 0. The number of allylic oxidation sites excluding steroid dienone is 2. The number of benzene rings is 4. The Morgan fingerprint density at radius 1 is 0.509 bits per heavy atom. The van der Waals surface area contributed by atoms with Gasteiger partial charge in [0.05, 0.1) is 0 Å². The van der Waals surface area contributed by atoms with Crippen LogP contribution in [0.1, 0.15) is 66.5 Å². The Labute approximate surface area is 318 Å². The second-order valence-electron chi connectivity index (χ2n) is 12.8. The smallest absolute Gasteiger partial charge is 0.387 e. The Morgan fingerprint density at radius 2 is 0.891 bits per heavy atom. The fraction of sp³-hybridized carbons (Fsp3) is 0.200. The highest BCUT2D eigenvalue weighted by molar-refractivity contribution is 6.16. The van der Waals surface area contributed by atoms with Crippen molar-refractivity contribution in [3.05, 3.63) is 155 Å². The van der Waals surface area contributed by atoms with Gasteiger partial charge in [-0.05, 0) is 100 Å². The predicted octanol–water partition coefficient (Wildman–Crippen LogP) is 11.9. The van der Waals surface area contributed by atoms with E-state index in [0.29, 0.717) is 11.6 Å². The zero-order valence-electron chi connectivity index (χ0n) is 30.5. The molecule has 6 nitrogen and oxygen atoms in total. The molecule has 0 radical (unpaired) electrons. The second kappa shape index (κ2) is 18.7. The van der Waals surface area contributed by atoms with Crippen molar-refractivity contribution in [1.29, 1.82) is 0 Å². The molecule has 2 heterocycles. The van der Waals surface area contributed by atoms with Gasteiger partial charge in [-0.2, -0.15) is 17.6 Å². The van der Waals surface area contributed by atoms with Gasteiger partial charge in [0, 0.05) is 35.9 Å². The first-order valence-electron chi connectivity index (χ1n) is 18.1. The molecular formula is C45H40F4N4O2. The molecule has 0 saturated carbocycles. The van der Waals surface area contributed by atoms with Gasteiger partial charge in [0.25, 0.3) is 0 Å². The Kier molecular flexibility index (Phi) is 13.1. The van der Waals surface area contributed by atoms with Crippen LogP contribution in [0.15, 0.2) is 122 Å². The Balaban J connectivity index is 1.44. The lowest BCUT2D eigenvalue weighted by Crippen LogP contribution is -2.01. The minimum absolute atomic E-state index is 0.0427. The number of alkyl halides is 4. The summed E-state index contributed by atoms with van der Waals surface area (Å²) < 4.78 is 61.0. The van der Waals surface area contributed by atoms with Crippen molar-refractivity contribution in [2.45, 2.75) is 59.2 Å². The molecule has 0 spiro atoms. The third-order valence-corrected chi connectivity index (χ3v) is 8.80. The van der Waals surface area contributed by atoms with E-state index in [1.54, 1.807) is 24.3 Å². The van der Waals surface area contributed by atoms with E-state index in [2.05, 4.69) is 43.3 Å². The molecule has 0 atom stereocenters. The van der Waals surface area contributed by atoms with Crippen LogP contribution >= 0.6 is 0 Å². The standard InChI is InChI=1S/C45H40F4N4O2/c1-3-5-7-33-28-52-43(53-29-33)37-18-14-35(15-19-37)41(25-31-10-22-39(23-11-31)55-45(48)49)40(24-30-8-20-38(21-9-30)54-44(46)47)34-12-16-36(17-13-34)42-50-26-32(6-4-2)27-51-42/h8-29,44-45H,3-7H2,1-2H3. The molecule has 4 aromatic carbocycles. The lowest BCUT2D eigenvalue weighted by Gasteiger charge is -2.16. The number of hydrogen-bond acceptors (Lipinski definition) is 6. The minimum Gasteiger partial charge on any atom is -0.435 e. The van der Waals surface area contributed by atoms with Gasteiger partial charge in [-0.3, -0.25) is 0 Å². The topological polar surface area (TPSA) is 70.0 Å². The number of nitrogens with zero attached hydrogens (tertiary/aromatic N) is 4. The van der Waals surface area contributed by atoms with Gasteiger partial charge >= 0.3 is 13.2 Å². The average Bonchev–Trinajstić information content (AvgIpc) is 3.20.